The number of phenolic OH excluding ortho intramolecular Hbond substituents is 1. The van der Waals surface area contributed by atoms with E-state index in [1.807, 2.05) is 26.8 Å². The molecule has 0 fully saturated rings. The molecule has 3 rings (SSSR count). The minimum Gasteiger partial charge on any atom is -0.507 e. The van der Waals surface area contributed by atoms with Crippen molar-refractivity contribution in [1.82, 2.24) is 0 Å². The smallest absolute Gasteiger partial charge is 0.342 e. The highest BCUT2D eigenvalue weighted by molar-refractivity contribution is 5.97. The Morgan fingerprint density at radius 2 is 1.75 bits per heavy atom. The van der Waals surface area contributed by atoms with Crippen LogP contribution in [0.1, 0.15) is 78.1 Å². The molecule has 5 nitrogen and oxygen atoms in total. The van der Waals surface area contributed by atoms with E-state index in [1.165, 1.54) is 6.07 Å². The van der Waals surface area contributed by atoms with Crippen LogP contribution in [0.25, 0.3) is 6.08 Å². The Hall–Kier alpha value is -3.08. The molecule has 0 aromatic heterocycles. The van der Waals surface area contributed by atoms with Gasteiger partial charge in [-0.2, -0.15) is 0 Å². The molecule has 2 aromatic rings. The van der Waals surface area contributed by atoms with Gasteiger partial charge in [0.2, 0.25) is 0 Å². The van der Waals surface area contributed by atoms with Gasteiger partial charge < -0.3 is 14.6 Å². The van der Waals surface area contributed by atoms with E-state index in [2.05, 4.69) is 18.2 Å². The fraction of sp³-hybridized carbons (Fsp3) is 0.407. The summed E-state index contributed by atoms with van der Waals surface area (Å²) < 4.78 is 11.5. The third-order valence-corrected chi connectivity index (χ3v) is 5.51. The quantitative estimate of drug-likeness (QED) is 0.591. The van der Waals surface area contributed by atoms with E-state index in [9.17, 15) is 14.7 Å². The topological polar surface area (TPSA) is 72.8 Å². The van der Waals surface area contributed by atoms with Gasteiger partial charge in [-0.1, -0.05) is 41.5 Å². The van der Waals surface area contributed by atoms with E-state index in [4.69, 9.17) is 9.47 Å². The Kier molecular flexibility index (Phi) is 8.09. The van der Waals surface area contributed by atoms with Crippen LogP contribution < -0.4 is 4.74 Å². The van der Waals surface area contributed by atoms with Crippen molar-refractivity contribution in [3.05, 3.63) is 64.2 Å². The number of aromatic hydroxyl groups is 1. The van der Waals surface area contributed by atoms with Crippen LogP contribution in [-0.4, -0.2) is 23.0 Å². The molecule has 1 N–H and O–H groups in total. The summed E-state index contributed by atoms with van der Waals surface area (Å²) in [5.41, 5.74) is 4.04. The summed E-state index contributed by atoms with van der Waals surface area (Å²) in [5, 5.41) is 10.7. The first-order valence-electron chi connectivity index (χ1n) is 11.3. The van der Waals surface area contributed by atoms with Gasteiger partial charge in [-0.05, 0) is 63.6 Å². The molecular formula is C27H32O5. The predicted octanol–water partition coefficient (Wildman–Crippen LogP) is 6.07. The highest BCUT2D eigenvalue weighted by atomic mass is 16.5. The standard InChI is InChI=1S/C27H32O5/c1-18-12-19(2)14-21(13-18)17-31-24-15-22-9-5-4-6-10-23(28)11-7-8-20(3)32-27(30)26(22)25(29)16-24/h5,9,12-16,20,29H,4,6-8,10-11,17H2,1-3H3/t20-/m1/s1. The van der Waals surface area contributed by atoms with Crippen molar-refractivity contribution in [3.8, 4) is 11.5 Å². The monoisotopic (exact) mass is 436 g/mol. The number of benzene rings is 2. The number of ether oxygens (including phenoxy) is 2. The molecular weight excluding hydrogens is 404 g/mol. The maximum Gasteiger partial charge on any atom is 0.342 e. The van der Waals surface area contributed by atoms with E-state index < -0.39 is 5.97 Å². The van der Waals surface area contributed by atoms with E-state index in [0.717, 1.165) is 23.1 Å². The summed E-state index contributed by atoms with van der Waals surface area (Å²) in [6.07, 6.45) is 7.21. The lowest BCUT2D eigenvalue weighted by Crippen LogP contribution is -2.17. The molecule has 0 aliphatic carbocycles. The number of esters is 1. The molecule has 0 saturated carbocycles. The van der Waals surface area contributed by atoms with Crippen LogP contribution in [0.4, 0.5) is 0 Å². The molecule has 1 aliphatic heterocycles. The number of carbonyl (C=O) groups is 2. The highest BCUT2D eigenvalue weighted by Gasteiger charge is 2.21. The van der Waals surface area contributed by atoms with Crippen molar-refractivity contribution in [1.29, 1.82) is 0 Å². The Morgan fingerprint density at radius 3 is 2.50 bits per heavy atom. The molecule has 1 aliphatic rings. The third-order valence-electron chi connectivity index (χ3n) is 5.51. The molecule has 170 valence electrons. The maximum absolute atomic E-state index is 12.8. The lowest BCUT2D eigenvalue weighted by Gasteiger charge is -2.17. The molecule has 0 bridgehead atoms. The number of carbonyl (C=O) groups excluding carboxylic acids is 2. The largest absolute Gasteiger partial charge is 0.507 e. The van der Waals surface area contributed by atoms with E-state index >= 15 is 0 Å². The van der Waals surface area contributed by atoms with Gasteiger partial charge in [-0.25, -0.2) is 4.79 Å². The summed E-state index contributed by atoms with van der Waals surface area (Å²) in [4.78, 5) is 24.8. The molecule has 5 heteroatoms. The van der Waals surface area contributed by atoms with E-state index in [0.29, 0.717) is 50.0 Å². The molecule has 1 atom stereocenters. The minimum absolute atomic E-state index is 0.139. The van der Waals surface area contributed by atoms with Crippen molar-refractivity contribution in [2.75, 3.05) is 0 Å². The molecule has 0 saturated heterocycles. The number of Topliss-reactive ketones (excluding diaryl/α,β-unsaturated/α-hetero) is 1. The number of hydrogen-bond donors (Lipinski definition) is 1. The summed E-state index contributed by atoms with van der Waals surface area (Å²) in [7, 11) is 0. The Bertz CT molecular complexity index is 985. The molecule has 2 aromatic carbocycles. The number of cyclic esters (lactones) is 1. The summed E-state index contributed by atoms with van der Waals surface area (Å²) in [5.74, 6) is -0.0164. The first kappa shape index (κ1) is 23.6. The van der Waals surface area contributed by atoms with Crippen LogP contribution >= 0.6 is 0 Å². The molecule has 1 heterocycles. The van der Waals surface area contributed by atoms with Crippen molar-refractivity contribution in [2.24, 2.45) is 0 Å². The Labute approximate surface area is 190 Å². The van der Waals surface area contributed by atoms with Gasteiger partial charge in [0.15, 0.2) is 0 Å². The lowest BCUT2D eigenvalue weighted by atomic mass is 10.0. The summed E-state index contributed by atoms with van der Waals surface area (Å²) in [6, 6.07) is 9.44. The SMILES string of the molecule is Cc1cc(C)cc(COc2cc(O)c3c(c2)C=CCCCC(=O)CCC[C@@H](C)OC3=O)c1. The van der Waals surface area contributed by atoms with Crippen LogP contribution in [0.5, 0.6) is 11.5 Å². The van der Waals surface area contributed by atoms with Crippen LogP contribution in [0.2, 0.25) is 0 Å². The van der Waals surface area contributed by atoms with Gasteiger partial charge in [-0.15, -0.1) is 0 Å². The van der Waals surface area contributed by atoms with Crippen LogP contribution in [0.3, 0.4) is 0 Å². The van der Waals surface area contributed by atoms with Gasteiger partial charge in [0, 0.05) is 18.9 Å². The number of allylic oxidation sites excluding steroid dienone is 1. The first-order chi connectivity index (χ1) is 15.3. The number of rotatable bonds is 3. The van der Waals surface area contributed by atoms with Gasteiger partial charge >= 0.3 is 5.97 Å². The fourth-order valence-electron chi connectivity index (χ4n) is 4.02. The molecule has 0 unspecified atom stereocenters. The summed E-state index contributed by atoms with van der Waals surface area (Å²) >= 11 is 0. The van der Waals surface area contributed by atoms with Gasteiger partial charge in [0.1, 0.15) is 29.5 Å². The van der Waals surface area contributed by atoms with Gasteiger partial charge in [0.25, 0.3) is 0 Å². The number of fused-ring (bicyclic) bond motifs is 1. The first-order valence-corrected chi connectivity index (χ1v) is 11.3. The maximum atomic E-state index is 12.8. The second-order valence-electron chi connectivity index (χ2n) is 8.63. The van der Waals surface area contributed by atoms with Crippen LogP contribution in [0.15, 0.2) is 36.4 Å². The Balaban J connectivity index is 1.86. The highest BCUT2D eigenvalue weighted by Crippen LogP contribution is 2.31. The number of aryl methyl sites for hydroxylation is 2. The van der Waals surface area contributed by atoms with Crippen molar-refractivity contribution in [3.63, 3.8) is 0 Å². The van der Waals surface area contributed by atoms with E-state index in [-0.39, 0.29) is 23.2 Å². The fourth-order valence-corrected chi connectivity index (χ4v) is 4.02. The summed E-state index contributed by atoms with van der Waals surface area (Å²) in [6.45, 7) is 6.24. The minimum atomic E-state index is -0.570. The zero-order chi connectivity index (χ0) is 23.1. The zero-order valence-corrected chi connectivity index (χ0v) is 19.1. The molecule has 0 spiro atoms. The number of phenols is 1. The number of ketones is 1. The Morgan fingerprint density at radius 1 is 1.03 bits per heavy atom. The van der Waals surface area contributed by atoms with Crippen LogP contribution in [0, 0.1) is 13.8 Å². The van der Waals surface area contributed by atoms with Crippen molar-refractivity contribution >= 4 is 17.8 Å². The molecule has 0 amide bonds. The van der Waals surface area contributed by atoms with E-state index in [1.54, 1.807) is 12.1 Å². The number of hydrogen-bond acceptors (Lipinski definition) is 5. The van der Waals surface area contributed by atoms with Crippen molar-refractivity contribution in [2.45, 2.75) is 72.0 Å². The average molecular weight is 437 g/mol. The van der Waals surface area contributed by atoms with Gasteiger partial charge in [-0.3, -0.25) is 4.79 Å². The van der Waals surface area contributed by atoms with Crippen LogP contribution in [-0.2, 0) is 16.1 Å². The lowest BCUT2D eigenvalue weighted by molar-refractivity contribution is -0.119. The molecule has 32 heavy (non-hydrogen) atoms. The zero-order valence-electron chi connectivity index (χ0n) is 19.1. The third kappa shape index (κ3) is 6.71. The predicted molar refractivity (Wildman–Crippen MR) is 125 cm³/mol. The second-order valence-corrected chi connectivity index (χ2v) is 8.63. The molecule has 0 radical (unpaired) electrons. The van der Waals surface area contributed by atoms with Gasteiger partial charge in [0.05, 0.1) is 6.10 Å². The normalized spacial score (nSPS) is 17.9. The average Bonchev–Trinajstić information content (AvgIpc) is 2.70. The second kappa shape index (κ2) is 11.0. The van der Waals surface area contributed by atoms with Crippen molar-refractivity contribution < 1.29 is 24.2 Å².